The molecule has 1 amide bonds. The Bertz CT molecular complexity index is 479. The lowest BCUT2D eigenvalue weighted by Crippen LogP contribution is -2.41. The highest BCUT2D eigenvalue weighted by Crippen LogP contribution is 2.21. The van der Waals surface area contributed by atoms with Gasteiger partial charge in [-0.05, 0) is 20.8 Å². The van der Waals surface area contributed by atoms with Gasteiger partial charge in [0.15, 0.2) is 0 Å². The summed E-state index contributed by atoms with van der Waals surface area (Å²) in [6, 6.07) is 1.35. The van der Waals surface area contributed by atoms with Gasteiger partial charge in [0.05, 0.1) is 0 Å². The Kier molecular flexibility index (Phi) is 4.92. The minimum atomic E-state index is -0.389. The average molecular weight is 279 g/mol. The molecule has 1 aromatic rings. The lowest BCUT2D eigenvalue weighted by Gasteiger charge is -2.20. The molecule has 0 saturated heterocycles. The highest BCUT2D eigenvalue weighted by atomic mass is 16.2. The first-order valence-electron chi connectivity index (χ1n) is 6.81. The third-order valence-electron chi connectivity index (χ3n) is 2.61. The highest BCUT2D eigenvalue weighted by molar-refractivity contribution is 5.84. The van der Waals surface area contributed by atoms with Gasteiger partial charge in [-0.25, -0.2) is 9.97 Å². The van der Waals surface area contributed by atoms with Crippen LogP contribution < -0.4 is 16.4 Å². The second-order valence-corrected chi connectivity index (χ2v) is 6.28. The van der Waals surface area contributed by atoms with Crippen LogP contribution in [0.25, 0.3) is 0 Å². The molecule has 6 heteroatoms. The molecule has 0 bridgehead atoms. The van der Waals surface area contributed by atoms with Crippen LogP contribution in [-0.2, 0) is 10.2 Å². The maximum absolute atomic E-state index is 11.9. The smallest absolute Gasteiger partial charge is 0.242 e. The van der Waals surface area contributed by atoms with E-state index in [4.69, 9.17) is 5.73 Å². The molecule has 0 fully saturated rings. The molecule has 112 valence electrons. The van der Waals surface area contributed by atoms with Gasteiger partial charge in [0.25, 0.3) is 0 Å². The number of nitrogens with zero attached hydrogens (tertiary/aromatic N) is 2. The Balaban J connectivity index is 2.87. The van der Waals surface area contributed by atoms with Crippen LogP contribution in [0.1, 0.15) is 47.4 Å². The molecule has 6 nitrogen and oxygen atoms in total. The molecule has 1 unspecified atom stereocenters. The third kappa shape index (κ3) is 4.68. The molecule has 0 aliphatic heterocycles. The number of rotatable bonds is 4. The topological polar surface area (TPSA) is 92.9 Å². The number of carbonyl (C=O) groups is 1. The molecule has 0 aliphatic carbocycles. The van der Waals surface area contributed by atoms with E-state index in [-0.39, 0.29) is 23.4 Å². The van der Waals surface area contributed by atoms with Crippen molar-refractivity contribution >= 4 is 17.5 Å². The Hall–Kier alpha value is -1.85. The van der Waals surface area contributed by atoms with Crippen molar-refractivity contribution < 1.29 is 4.79 Å². The second-order valence-electron chi connectivity index (χ2n) is 6.28. The number of carbonyl (C=O) groups excluding carboxylic acids is 1. The van der Waals surface area contributed by atoms with Crippen molar-refractivity contribution in [1.29, 1.82) is 0 Å². The minimum Gasteiger partial charge on any atom is -0.384 e. The second kappa shape index (κ2) is 6.07. The summed E-state index contributed by atoms with van der Waals surface area (Å²) in [5.41, 5.74) is 5.60. The van der Waals surface area contributed by atoms with Gasteiger partial charge >= 0.3 is 0 Å². The molecule has 20 heavy (non-hydrogen) atoms. The zero-order valence-corrected chi connectivity index (χ0v) is 13.1. The van der Waals surface area contributed by atoms with E-state index in [1.54, 1.807) is 13.0 Å². The van der Waals surface area contributed by atoms with Crippen LogP contribution >= 0.6 is 0 Å². The van der Waals surface area contributed by atoms with E-state index < -0.39 is 0 Å². The van der Waals surface area contributed by atoms with E-state index in [0.29, 0.717) is 17.5 Å². The zero-order valence-electron chi connectivity index (χ0n) is 13.1. The predicted octanol–water partition coefficient (Wildman–Crippen LogP) is 1.68. The van der Waals surface area contributed by atoms with Crippen molar-refractivity contribution in [3.05, 3.63) is 11.9 Å². The van der Waals surface area contributed by atoms with E-state index >= 15 is 0 Å². The molecular weight excluding hydrogens is 254 g/mol. The summed E-state index contributed by atoms with van der Waals surface area (Å²) in [5, 5.41) is 5.90. The summed E-state index contributed by atoms with van der Waals surface area (Å²) in [4.78, 5) is 20.5. The van der Waals surface area contributed by atoms with E-state index in [1.807, 2.05) is 34.6 Å². The average Bonchev–Trinajstić information content (AvgIpc) is 2.25. The first-order valence-corrected chi connectivity index (χ1v) is 6.81. The number of anilines is 2. The molecule has 1 aromatic heterocycles. The van der Waals surface area contributed by atoms with Crippen LogP contribution in [0, 0.1) is 0 Å². The van der Waals surface area contributed by atoms with Crippen LogP contribution in [0.3, 0.4) is 0 Å². The number of hydrogen-bond donors (Lipinski definition) is 3. The summed E-state index contributed by atoms with van der Waals surface area (Å²) in [7, 11) is 0. The van der Waals surface area contributed by atoms with Gasteiger partial charge in [0.1, 0.15) is 23.5 Å². The molecule has 1 heterocycles. The van der Waals surface area contributed by atoms with Crippen molar-refractivity contribution in [2.75, 3.05) is 11.1 Å². The first kappa shape index (κ1) is 16.2. The molecule has 0 aromatic carbocycles. The Morgan fingerprint density at radius 2 is 1.85 bits per heavy atom. The summed E-state index contributed by atoms with van der Waals surface area (Å²) < 4.78 is 0. The van der Waals surface area contributed by atoms with Crippen molar-refractivity contribution in [3.8, 4) is 0 Å². The molecule has 4 N–H and O–H groups in total. The minimum absolute atomic E-state index is 0.0745. The van der Waals surface area contributed by atoms with Crippen LogP contribution in [-0.4, -0.2) is 28.0 Å². The molecule has 0 saturated carbocycles. The standard InChI is InChI=1S/C14H25N5O/c1-8(2)16-12(20)9(3)17-11-7-10(15)18-13(19-11)14(4,5)6/h7-9H,1-6H3,(H,16,20)(H3,15,17,18,19). The van der Waals surface area contributed by atoms with Gasteiger partial charge in [-0.2, -0.15) is 0 Å². The van der Waals surface area contributed by atoms with Gasteiger partial charge in [-0.15, -0.1) is 0 Å². The monoisotopic (exact) mass is 279 g/mol. The largest absolute Gasteiger partial charge is 0.384 e. The lowest BCUT2D eigenvalue weighted by atomic mass is 9.96. The SMILES string of the molecule is CC(C)NC(=O)C(C)Nc1cc(N)nc(C(C)(C)C)n1. The van der Waals surface area contributed by atoms with Gasteiger partial charge < -0.3 is 16.4 Å². The number of nitrogens with one attached hydrogen (secondary N) is 2. The molecule has 0 aliphatic rings. The van der Waals surface area contributed by atoms with Gasteiger partial charge in [0.2, 0.25) is 5.91 Å². The van der Waals surface area contributed by atoms with E-state index in [9.17, 15) is 4.79 Å². The predicted molar refractivity (Wildman–Crippen MR) is 81.5 cm³/mol. The van der Waals surface area contributed by atoms with Gasteiger partial charge in [-0.3, -0.25) is 4.79 Å². The van der Waals surface area contributed by atoms with Crippen molar-refractivity contribution in [2.24, 2.45) is 0 Å². The molecule has 1 rings (SSSR count). The Morgan fingerprint density at radius 3 is 2.35 bits per heavy atom. The summed E-state index contributed by atoms with van der Waals surface area (Å²) in [6.07, 6.45) is 0. The number of nitrogens with two attached hydrogens (primary N) is 1. The fraction of sp³-hybridized carbons (Fsp3) is 0.643. The highest BCUT2D eigenvalue weighted by Gasteiger charge is 2.20. The van der Waals surface area contributed by atoms with E-state index in [1.165, 1.54) is 0 Å². The van der Waals surface area contributed by atoms with Crippen LogP contribution in [0.15, 0.2) is 6.07 Å². The number of amides is 1. The van der Waals surface area contributed by atoms with Crippen molar-refractivity contribution in [2.45, 2.75) is 59.0 Å². The van der Waals surface area contributed by atoms with Gasteiger partial charge in [0, 0.05) is 17.5 Å². The van der Waals surface area contributed by atoms with Crippen molar-refractivity contribution in [3.63, 3.8) is 0 Å². The number of aromatic nitrogens is 2. The first-order chi connectivity index (χ1) is 9.09. The van der Waals surface area contributed by atoms with Crippen LogP contribution in [0.4, 0.5) is 11.6 Å². The van der Waals surface area contributed by atoms with Crippen LogP contribution in [0.2, 0.25) is 0 Å². The van der Waals surface area contributed by atoms with E-state index in [0.717, 1.165) is 0 Å². The fourth-order valence-corrected chi connectivity index (χ4v) is 1.57. The maximum Gasteiger partial charge on any atom is 0.242 e. The molecule has 0 radical (unpaired) electrons. The molecular formula is C14H25N5O. The number of hydrogen-bond acceptors (Lipinski definition) is 5. The molecule has 0 spiro atoms. The summed E-state index contributed by atoms with van der Waals surface area (Å²) in [5.74, 6) is 1.53. The van der Waals surface area contributed by atoms with Gasteiger partial charge in [-0.1, -0.05) is 20.8 Å². The maximum atomic E-state index is 11.9. The quantitative estimate of drug-likeness (QED) is 0.779. The van der Waals surface area contributed by atoms with Crippen molar-refractivity contribution in [1.82, 2.24) is 15.3 Å². The summed E-state index contributed by atoms with van der Waals surface area (Å²) in [6.45, 7) is 11.7. The van der Waals surface area contributed by atoms with E-state index in [2.05, 4.69) is 20.6 Å². The lowest BCUT2D eigenvalue weighted by molar-refractivity contribution is -0.122. The molecule has 1 atom stereocenters. The fourth-order valence-electron chi connectivity index (χ4n) is 1.57. The summed E-state index contributed by atoms with van der Waals surface area (Å²) >= 11 is 0. The Morgan fingerprint density at radius 1 is 1.25 bits per heavy atom. The normalized spacial score (nSPS) is 13.2. The zero-order chi connectivity index (χ0) is 15.5. The number of nitrogen functional groups attached to an aromatic ring is 1. The third-order valence-corrected chi connectivity index (χ3v) is 2.61. The van der Waals surface area contributed by atoms with Crippen LogP contribution in [0.5, 0.6) is 0 Å². The Labute approximate surface area is 120 Å².